The second-order valence-electron chi connectivity index (χ2n) is 10.1. The molecule has 0 heterocycles. The van der Waals surface area contributed by atoms with Crippen LogP contribution in [0.3, 0.4) is 0 Å². The second-order valence-corrected chi connectivity index (χ2v) is 14.9. The Kier molecular flexibility index (Phi) is 7.74. The van der Waals surface area contributed by atoms with Crippen LogP contribution in [0.5, 0.6) is 0 Å². The third kappa shape index (κ3) is 6.16. The molecule has 2 aliphatic carbocycles. The molecule has 0 aromatic rings. The summed E-state index contributed by atoms with van der Waals surface area (Å²) in [5.74, 6) is -0.423. The van der Waals surface area contributed by atoms with Gasteiger partial charge in [0.15, 0.2) is 8.32 Å². The number of rotatable bonds is 8. The molecule has 1 fully saturated rings. The van der Waals surface area contributed by atoms with Crippen LogP contribution in [0, 0.1) is 11.8 Å². The fourth-order valence-electron chi connectivity index (χ4n) is 4.34. The molecular formula is C22H40O4Si. The Hall–Kier alpha value is -0.653. The summed E-state index contributed by atoms with van der Waals surface area (Å²) in [6, 6.07) is 0. The molecule has 3 unspecified atom stereocenters. The maximum Gasteiger partial charge on any atom is 0.304 e. The number of aliphatic carboxylic acids is 1. The number of carboxylic acid groups (broad SMARTS) is 1. The standard InChI is InChI=1S/C22H40O4Si/c1-22(2,3)27(4,5)26-20(17-9-7-6-8-10-17)14-12-16-11-13-19(23)18(16)15-21(24)25/h11,17-20,23H,6-10,12-15H2,1-5H3,(H,24,25). The van der Waals surface area contributed by atoms with Gasteiger partial charge in [0.25, 0.3) is 0 Å². The quantitative estimate of drug-likeness (QED) is 0.419. The molecule has 27 heavy (non-hydrogen) atoms. The van der Waals surface area contributed by atoms with E-state index in [0.717, 1.165) is 18.4 Å². The molecule has 0 aromatic heterocycles. The van der Waals surface area contributed by atoms with Crippen molar-refractivity contribution >= 4 is 14.3 Å². The van der Waals surface area contributed by atoms with Gasteiger partial charge in [0.05, 0.1) is 12.5 Å². The van der Waals surface area contributed by atoms with Crippen LogP contribution in [0.2, 0.25) is 18.1 Å². The van der Waals surface area contributed by atoms with Crippen LogP contribution in [0.15, 0.2) is 11.6 Å². The van der Waals surface area contributed by atoms with Gasteiger partial charge in [-0.3, -0.25) is 4.79 Å². The van der Waals surface area contributed by atoms with Crippen molar-refractivity contribution < 1.29 is 19.4 Å². The molecule has 0 aromatic carbocycles. The van der Waals surface area contributed by atoms with E-state index in [2.05, 4.69) is 39.9 Å². The molecule has 0 spiro atoms. The fourth-order valence-corrected chi connectivity index (χ4v) is 5.76. The summed E-state index contributed by atoms with van der Waals surface area (Å²) in [5, 5.41) is 19.5. The van der Waals surface area contributed by atoms with Gasteiger partial charge in [0.2, 0.25) is 0 Å². The van der Waals surface area contributed by atoms with Crippen LogP contribution in [0.4, 0.5) is 0 Å². The number of carbonyl (C=O) groups is 1. The Morgan fingerprint density at radius 2 is 1.89 bits per heavy atom. The van der Waals surface area contributed by atoms with Gasteiger partial charge in [-0.1, -0.05) is 51.7 Å². The van der Waals surface area contributed by atoms with E-state index in [4.69, 9.17) is 4.43 Å². The number of hydrogen-bond donors (Lipinski definition) is 2. The highest BCUT2D eigenvalue weighted by atomic mass is 28.4. The van der Waals surface area contributed by atoms with E-state index in [0.29, 0.717) is 12.3 Å². The predicted octanol–water partition coefficient (Wildman–Crippen LogP) is 5.52. The van der Waals surface area contributed by atoms with E-state index >= 15 is 0 Å². The Bertz CT molecular complexity index is 529. The van der Waals surface area contributed by atoms with Crippen molar-refractivity contribution in [3.05, 3.63) is 11.6 Å². The topological polar surface area (TPSA) is 66.8 Å². The molecule has 0 radical (unpaired) electrons. The first-order valence-corrected chi connectivity index (χ1v) is 13.7. The Morgan fingerprint density at radius 3 is 2.44 bits per heavy atom. The van der Waals surface area contributed by atoms with Gasteiger partial charge in [-0.15, -0.1) is 0 Å². The van der Waals surface area contributed by atoms with Gasteiger partial charge < -0.3 is 14.6 Å². The third-order valence-electron chi connectivity index (χ3n) is 7.10. The highest BCUT2D eigenvalue weighted by Gasteiger charge is 2.41. The molecular weight excluding hydrogens is 356 g/mol. The monoisotopic (exact) mass is 396 g/mol. The summed E-state index contributed by atoms with van der Waals surface area (Å²) in [6.07, 6.45) is 10.6. The SMILES string of the molecule is CC(C)(C)[Si](C)(C)OC(CCC1=CCC(O)C1CC(=O)O)C1CCCCC1. The van der Waals surface area contributed by atoms with E-state index in [9.17, 15) is 15.0 Å². The van der Waals surface area contributed by atoms with E-state index < -0.39 is 20.4 Å². The Labute approximate surface area is 166 Å². The Morgan fingerprint density at radius 1 is 1.26 bits per heavy atom. The lowest BCUT2D eigenvalue weighted by molar-refractivity contribution is -0.138. The largest absolute Gasteiger partial charge is 0.481 e. The maximum absolute atomic E-state index is 11.2. The second kappa shape index (κ2) is 9.23. The van der Waals surface area contributed by atoms with Crippen LogP contribution >= 0.6 is 0 Å². The van der Waals surface area contributed by atoms with Crippen molar-refractivity contribution in [2.24, 2.45) is 11.8 Å². The highest BCUT2D eigenvalue weighted by molar-refractivity contribution is 6.74. The van der Waals surface area contributed by atoms with Gasteiger partial charge in [-0.05, 0) is 56.2 Å². The van der Waals surface area contributed by atoms with Gasteiger partial charge in [-0.2, -0.15) is 0 Å². The molecule has 0 aliphatic heterocycles. The molecule has 2 N–H and O–H groups in total. The number of aliphatic hydroxyl groups is 1. The lowest BCUT2D eigenvalue weighted by Gasteiger charge is -2.42. The minimum atomic E-state index is -1.85. The van der Waals surface area contributed by atoms with Crippen LogP contribution < -0.4 is 0 Å². The molecule has 0 bridgehead atoms. The molecule has 2 rings (SSSR count). The molecule has 0 saturated heterocycles. The minimum absolute atomic E-state index is 0.0319. The summed E-state index contributed by atoms with van der Waals surface area (Å²) in [4.78, 5) is 11.2. The summed E-state index contributed by atoms with van der Waals surface area (Å²) in [7, 11) is -1.85. The smallest absolute Gasteiger partial charge is 0.304 e. The molecule has 5 heteroatoms. The average molecular weight is 397 g/mol. The summed E-state index contributed by atoms with van der Waals surface area (Å²) in [6.45, 7) is 11.5. The van der Waals surface area contributed by atoms with Gasteiger partial charge in [0, 0.05) is 12.0 Å². The molecule has 0 amide bonds. The lowest BCUT2D eigenvalue weighted by Crippen LogP contribution is -2.46. The van der Waals surface area contributed by atoms with Crippen molar-refractivity contribution in [2.75, 3.05) is 0 Å². The highest BCUT2D eigenvalue weighted by Crippen LogP contribution is 2.41. The fraction of sp³-hybridized carbons (Fsp3) is 0.864. The zero-order valence-corrected chi connectivity index (χ0v) is 19.0. The third-order valence-corrected chi connectivity index (χ3v) is 11.6. The molecule has 156 valence electrons. The molecule has 4 nitrogen and oxygen atoms in total. The van der Waals surface area contributed by atoms with Crippen LogP contribution in [-0.4, -0.2) is 36.7 Å². The lowest BCUT2D eigenvalue weighted by atomic mass is 9.82. The summed E-state index contributed by atoms with van der Waals surface area (Å²) >= 11 is 0. The van der Waals surface area contributed by atoms with Gasteiger partial charge in [0.1, 0.15) is 0 Å². The first-order chi connectivity index (χ1) is 12.5. The number of aliphatic hydroxyl groups excluding tert-OH is 1. The van der Waals surface area contributed by atoms with E-state index in [1.807, 2.05) is 0 Å². The van der Waals surface area contributed by atoms with Crippen molar-refractivity contribution in [3.8, 4) is 0 Å². The molecule has 2 aliphatic rings. The first kappa shape index (κ1) is 22.6. The van der Waals surface area contributed by atoms with Crippen molar-refractivity contribution in [1.82, 2.24) is 0 Å². The number of hydrogen-bond acceptors (Lipinski definition) is 3. The maximum atomic E-state index is 11.2. The predicted molar refractivity (Wildman–Crippen MR) is 112 cm³/mol. The molecule has 3 atom stereocenters. The van der Waals surface area contributed by atoms with Crippen LogP contribution in [0.25, 0.3) is 0 Å². The van der Waals surface area contributed by atoms with Crippen LogP contribution in [0.1, 0.15) is 78.6 Å². The van der Waals surface area contributed by atoms with Crippen LogP contribution in [-0.2, 0) is 9.22 Å². The van der Waals surface area contributed by atoms with Crippen molar-refractivity contribution in [3.63, 3.8) is 0 Å². The van der Waals surface area contributed by atoms with Crippen molar-refractivity contribution in [1.29, 1.82) is 0 Å². The summed E-state index contributed by atoms with van der Waals surface area (Å²) < 4.78 is 6.88. The van der Waals surface area contributed by atoms with E-state index in [1.54, 1.807) is 0 Å². The van der Waals surface area contributed by atoms with E-state index in [-0.39, 0.29) is 23.5 Å². The van der Waals surface area contributed by atoms with Gasteiger partial charge in [-0.25, -0.2) is 0 Å². The van der Waals surface area contributed by atoms with Gasteiger partial charge >= 0.3 is 5.97 Å². The zero-order chi connectivity index (χ0) is 20.2. The first-order valence-electron chi connectivity index (χ1n) is 10.8. The minimum Gasteiger partial charge on any atom is -0.481 e. The Balaban J connectivity index is 2.06. The molecule has 1 saturated carbocycles. The number of carboxylic acids is 1. The van der Waals surface area contributed by atoms with Crippen molar-refractivity contribution in [2.45, 2.75) is 109 Å². The summed E-state index contributed by atoms with van der Waals surface area (Å²) in [5.41, 5.74) is 1.13. The van der Waals surface area contributed by atoms with E-state index in [1.165, 1.54) is 32.1 Å². The normalized spacial score (nSPS) is 26.1. The zero-order valence-electron chi connectivity index (χ0n) is 18.0. The average Bonchev–Trinajstić information content (AvgIpc) is 2.91.